The van der Waals surface area contributed by atoms with Crippen LogP contribution in [0.2, 0.25) is 0 Å². The molecule has 78 valence electrons. The molecule has 1 aromatic rings. The van der Waals surface area contributed by atoms with Gasteiger partial charge >= 0.3 is 11.9 Å². The van der Waals surface area contributed by atoms with E-state index in [2.05, 4.69) is 20.7 Å². The molecule has 0 amide bonds. The molecule has 1 atom stereocenters. The lowest BCUT2D eigenvalue weighted by molar-refractivity contribution is -0.153. The van der Waals surface area contributed by atoms with Gasteiger partial charge in [-0.25, -0.2) is 0 Å². The largest absolute Gasteiger partial charge is 0.392 e. The van der Waals surface area contributed by atoms with Gasteiger partial charge in [0.25, 0.3) is 0 Å². The predicted molar refractivity (Wildman–Crippen MR) is 57.2 cm³/mol. The molecule has 0 bridgehead atoms. The summed E-state index contributed by atoms with van der Waals surface area (Å²) in [5, 5.41) is 0. The summed E-state index contributed by atoms with van der Waals surface area (Å²) >= 11 is 3.37. The Labute approximate surface area is 95.6 Å². The molecule has 0 radical (unpaired) electrons. The van der Waals surface area contributed by atoms with Crippen LogP contribution < -0.4 is 0 Å². The van der Waals surface area contributed by atoms with Crippen molar-refractivity contribution in [1.82, 2.24) is 0 Å². The number of carbonyl (C=O) groups is 2. The van der Waals surface area contributed by atoms with Gasteiger partial charge in [0, 0.05) is 4.47 Å². The van der Waals surface area contributed by atoms with Crippen LogP contribution in [0.1, 0.15) is 18.9 Å². The highest BCUT2D eigenvalue weighted by Gasteiger charge is 2.47. The van der Waals surface area contributed by atoms with E-state index in [1.165, 1.54) is 0 Å². The summed E-state index contributed by atoms with van der Waals surface area (Å²) in [6.07, 6.45) is 0.106. The van der Waals surface area contributed by atoms with E-state index in [0.717, 1.165) is 10.0 Å². The summed E-state index contributed by atoms with van der Waals surface area (Å²) in [7, 11) is 0. The van der Waals surface area contributed by atoms with Crippen LogP contribution >= 0.6 is 15.9 Å². The average molecular weight is 269 g/mol. The number of ether oxygens (including phenoxy) is 1. The number of cyclic esters (lactones) is 2. The van der Waals surface area contributed by atoms with Gasteiger partial charge in [-0.05, 0) is 18.6 Å². The van der Waals surface area contributed by atoms with Crippen molar-refractivity contribution in [2.45, 2.75) is 18.8 Å². The maximum absolute atomic E-state index is 11.6. The van der Waals surface area contributed by atoms with Crippen molar-refractivity contribution in [3.8, 4) is 0 Å². The van der Waals surface area contributed by atoms with Crippen molar-refractivity contribution in [2.24, 2.45) is 0 Å². The monoisotopic (exact) mass is 268 g/mol. The third-order valence-corrected chi connectivity index (χ3v) is 3.31. The second kappa shape index (κ2) is 3.45. The molecule has 4 heteroatoms. The van der Waals surface area contributed by atoms with Crippen molar-refractivity contribution in [1.29, 1.82) is 0 Å². The number of benzene rings is 1. The molecule has 1 aliphatic rings. The molecule has 1 aromatic carbocycles. The van der Waals surface area contributed by atoms with Crippen molar-refractivity contribution >= 4 is 27.9 Å². The van der Waals surface area contributed by atoms with Crippen molar-refractivity contribution in [2.75, 3.05) is 0 Å². The molecule has 0 spiro atoms. The van der Waals surface area contributed by atoms with Crippen LogP contribution in [0.25, 0.3) is 0 Å². The average Bonchev–Trinajstić information content (AvgIpc) is 2.42. The van der Waals surface area contributed by atoms with Gasteiger partial charge in [0.1, 0.15) is 5.41 Å². The topological polar surface area (TPSA) is 43.4 Å². The van der Waals surface area contributed by atoms with E-state index in [1.54, 1.807) is 6.92 Å². The Kier molecular flexibility index (Phi) is 2.38. The summed E-state index contributed by atoms with van der Waals surface area (Å²) in [4.78, 5) is 22.7. The molecule has 1 heterocycles. The zero-order valence-electron chi connectivity index (χ0n) is 8.12. The summed E-state index contributed by atoms with van der Waals surface area (Å²) in [6.45, 7) is 1.72. The summed E-state index contributed by atoms with van der Waals surface area (Å²) in [6, 6.07) is 7.36. The quantitative estimate of drug-likeness (QED) is 0.579. The number of rotatable bonds is 1. The third kappa shape index (κ3) is 1.59. The molecule has 1 aliphatic heterocycles. The molecule has 1 unspecified atom stereocenters. The van der Waals surface area contributed by atoms with Crippen LogP contribution in [0.15, 0.2) is 28.7 Å². The fraction of sp³-hybridized carbons (Fsp3) is 0.273. The van der Waals surface area contributed by atoms with Gasteiger partial charge in [0.15, 0.2) is 0 Å². The van der Waals surface area contributed by atoms with E-state index < -0.39 is 17.4 Å². The Bertz CT molecular complexity index is 441. The molecular weight excluding hydrogens is 260 g/mol. The Morgan fingerprint density at radius 1 is 1.33 bits per heavy atom. The van der Waals surface area contributed by atoms with E-state index in [1.807, 2.05) is 24.3 Å². The molecule has 0 N–H and O–H groups in total. The van der Waals surface area contributed by atoms with Crippen LogP contribution in [-0.2, 0) is 19.7 Å². The summed E-state index contributed by atoms with van der Waals surface area (Å²) in [5.74, 6) is -0.933. The van der Waals surface area contributed by atoms with Crippen LogP contribution in [0.3, 0.4) is 0 Å². The minimum atomic E-state index is -0.850. The lowest BCUT2D eigenvalue weighted by Crippen LogP contribution is -2.27. The minimum absolute atomic E-state index is 0.106. The molecule has 3 nitrogen and oxygen atoms in total. The molecule has 0 aromatic heterocycles. The lowest BCUT2D eigenvalue weighted by atomic mass is 9.81. The summed E-state index contributed by atoms with van der Waals surface area (Å²) in [5.41, 5.74) is -0.0576. The standard InChI is InChI=1S/C11H9BrO3/c1-11(6-9(13)15-10(11)14)7-4-2-3-5-8(7)12/h2-5H,6H2,1H3. The third-order valence-electron chi connectivity index (χ3n) is 2.62. The van der Waals surface area contributed by atoms with Crippen LogP contribution in [0.4, 0.5) is 0 Å². The Balaban J connectivity index is 2.51. The van der Waals surface area contributed by atoms with Gasteiger partial charge in [-0.1, -0.05) is 34.1 Å². The van der Waals surface area contributed by atoms with E-state index in [-0.39, 0.29) is 6.42 Å². The number of hydrogen-bond donors (Lipinski definition) is 0. The van der Waals surface area contributed by atoms with Crippen LogP contribution in [-0.4, -0.2) is 11.9 Å². The van der Waals surface area contributed by atoms with Gasteiger partial charge < -0.3 is 4.74 Å². The number of halogens is 1. The van der Waals surface area contributed by atoms with E-state index in [9.17, 15) is 9.59 Å². The highest BCUT2D eigenvalue weighted by atomic mass is 79.9. The van der Waals surface area contributed by atoms with Crippen molar-refractivity contribution in [3.05, 3.63) is 34.3 Å². The van der Waals surface area contributed by atoms with Gasteiger partial charge in [0.05, 0.1) is 6.42 Å². The molecule has 0 aliphatic carbocycles. The van der Waals surface area contributed by atoms with Gasteiger partial charge in [-0.15, -0.1) is 0 Å². The van der Waals surface area contributed by atoms with E-state index >= 15 is 0 Å². The first kappa shape index (κ1) is 10.4. The molecule has 1 fully saturated rings. The highest BCUT2D eigenvalue weighted by molar-refractivity contribution is 9.10. The predicted octanol–water partition coefficient (Wildman–Crippen LogP) is 2.18. The van der Waals surface area contributed by atoms with Crippen molar-refractivity contribution < 1.29 is 14.3 Å². The van der Waals surface area contributed by atoms with Crippen molar-refractivity contribution in [3.63, 3.8) is 0 Å². The Morgan fingerprint density at radius 3 is 2.53 bits per heavy atom. The number of esters is 2. The maximum Gasteiger partial charge on any atom is 0.324 e. The highest BCUT2D eigenvalue weighted by Crippen LogP contribution is 2.38. The van der Waals surface area contributed by atoms with E-state index in [0.29, 0.717) is 0 Å². The molecule has 15 heavy (non-hydrogen) atoms. The second-order valence-corrected chi connectivity index (χ2v) is 4.60. The summed E-state index contributed by atoms with van der Waals surface area (Å²) < 4.78 is 5.41. The minimum Gasteiger partial charge on any atom is -0.392 e. The lowest BCUT2D eigenvalue weighted by Gasteiger charge is -2.19. The first-order valence-electron chi connectivity index (χ1n) is 4.54. The molecule has 0 saturated carbocycles. The molecular formula is C11H9BrO3. The fourth-order valence-electron chi connectivity index (χ4n) is 1.73. The van der Waals surface area contributed by atoms with Gasteiger partial charge in [-0.3, -0.25) is 9.59 Å². The fourth-order valence-corrected chi connectivity index (χ4v) is 2.45. The van der Waals surface area contributed by atoms with Gasteiger partial charge in [0.2, 0.25) is 0 Å². The number of carbonyl (C=O) groups excluding carboxylic acids is 2. The van der Waals surface area contributed by atoms with Crippen LogP contribution in [0.5, 0.6) is 0 Å². The smallest absolute Gasteiger partial charge is 0.324 e. The van der Waals surface area contributed by atoms with Crippen LogP contribution in [0, 0.1) is 0 Å². The molecule has 1 saturated heterocycles. The van der Waals surface area contributed by atoms with E-state index in [4.69, 9.17) is 0 Å². The Hall–Kier alpha value is -1.16. The molecule has 2 rings (SSSR count). The van der Waals surface area contributed by atoms with Gasteiger partial charge in [-0.2, -0.15) is 0 Å². The first-order chi connectivity index (χ1) is 7.04. The maximum atomic E-state index is 11.6. The second-order valence-electron chi connectivity index (χ2n) is 3.75. The number of hydrogen-bond acceptors (Lipinski definition) is 3. The SMILES string of the molecule is CC1(c2ccccc2Br)CC(=O)OC1=O. The zero-order valence-corrected chi connectivity index (χ0v) is 9.71. The Morgan fingerprint density at radius 2 is 2.00 bits per heavy atom. The normalized spacial score (nSPS) is 25.5. The first-order valence-corrected chi connectivity index (χ1v) is 5.33. The zero-order chi connectivity index (χ0) is 11.1.